The highest BCUT2D eigenvalue weighted by Crippen LogP contribution is 2.42. The topological polar surface area (TPSA) is 83.7 Å². The second-order valence-electron chi connectivity index (χ2n) is 9.43. The quantitative estimate of drug-likeness (QED) is 0.641. The van der Waals surface area contributed by atoms with Gasteiger partial charge in [0, 0.05) is 30.4 Å². The standard InChI is InChI=1S/C25H32ClN3O3S/c1-33(31,32)20-8-6-19(7-9-20)18-29-17-13-25(24(29)30)11-15-28(16-12-25)14-10-23(27)21-4-2-3-5-22(21)26/h2-9,23H,10-18,27H2,1H3. The number of rotatable bonds is 7. The number of nitrogens with two attached hydrogens (primary N) is 1. The van der Waals surface area contributed by atoms with Crippen LogP contribution >= 0.6 is 11.6 Å². The van der Waals surface area contributed by atoms with Gasteiger partial charge >= 0.3 is 0 Å². The molecule has 1 unspecified atom stereocenters. The Hall–Kier alpha value is -1.93. The van der Waals surface area contributed by atoms with E-state index in [1.165, 1.54) is 6.26 Å². The first-order valence-corrected chi connectivity index (χ1v) is 13.8. The number of halogens is 1. The van der Waals surface area contributed by atoms with E-state index in [2.05, 4.69) is 4.90 Å². The van der Waals surface area contributed by atoms with Gasteiger partial charge < -0.3 is 15.5 Å². The molecule has 33 heavy (non-hydrogen) atoms. The van der Waals surface area contributed by atoms with E-state index in [0.29, 0.717) is 16.5 Å². The molecular formula is C25H32ClN3O3S. The molecule has 2 aromatic rings. The predicted molar refractivity (Wildman–Crippen MR) is 131 cm³/mol. The van der Waals surface area contributed by atoms with Crippen LogP contribution in [-0.2, 0) is 21.2 Å². The molecule has 2 heterocycles. The summed E-state index contributed by atoms with van der Waals surface area (Å²) in [7, 11) is -3.21. The lowest BCUT2D eigenvalue weighted by Gasteiger charge is -2.38. The van der Waals surface area contributed by atoms with Crippen molar-refractivity contribution in [2.45, 2.75) is 43.2 Å². The fourth-order valence-electron chi connectivity index (χ4n) is 5.03. The van der Waals surface area contributed by atoms with Crippen LogP contribution in [-0.4, -0.2) is 56.6 Å². The van der Waals surface area contributed by atoms with Crippen molar-refractivity contribution >= 4 is 27.3 Å². The number of carbonyl (C=O) groups is 1. The van der Waals surface area contributed by atoms with Crippen molar-refractivity contribution in [2.24, 2.45) is 11.1 Å². The Bertz CT molecular complexity index is 1100. The molecular weight excluding hydrogens is 458 g/mol. The van der Waals surface area contributed by atoms with Gasteiger partial charge in [0.15, 0.2) is 9.84 Å². The number of hydrogen-bond donors (Lipinski definition) is 1. The Morgan fingerprint density at radius 1 is 1.03 bits per heavy atom. The highest BCUT2D eigenvalue weighted by atomic mass is 35.5. The number of piperidine rings is 1. The van der Waals surface area contributed by atoms with E-state index in [1.54, 1.807) is 24.3 Å². The van der Waals surface area contributed by atoms with Crippen LogP contribution in [0.25, 0.3) is 0 Å². The van der Waals surface area contributed by atoms with Crippen LogP contribution in [0.15, 0.2) is 53.4 Å². The fraction of sp³-hybridized carbons (Fsp3) is 0.480. The molecule has 2 aromatic carbocycles. The predicted octanol–water partition coefficient (Wildman–Crippen LogP) is 3.65. The molecule has 0 radical (unpaired) electrons. The second-order valence-corrected chi connectivity index (χ2v) is 11.9. The zero-order valence-corrected chi connectivity index (χ0v) is 20.6. The number of amides is 1. The van der Waals surface area contributed by atoms with Gasteiger partial charge in [-0.25, -0.2) is 8.42 Å². The highest BCUT2D eigenvalue weighted by Gasteiger charge is 2.47. The zero-order valence-electron chi connectivity index (χ0n) is 19.0. The van der Waals surface area contributed by atoms with Crippen molar-refractivity contribution in [3.05, 3.63) is 64.7 Å². The van der Waals surface area contributed by atoms with Crippen LogP contribution in [0.4, 0.5) is 0 Å². The maximum absolute atomic E-state index is 13.3. The Balaban J connectivity index is 1.29. The SMILES string of the molecule is CS(=O)(=O)c1ccc(CN2CCC3(CCN(CCC(N)c4ccccc4Cl)CC3)C2=O)cc1. The first kappa shape index (κ1) is 24.2. The van der Waals surface area contributed by atoms with Crippen LogP contribution in [0.2, 0.25) is 5.02 Å². The monoisotopic (exact) mass is 489 g/mol. The van der Waals surface area contributed by atoms with Crippen molar-refractivity contribution in [3.8, 4) is 0 Å². The van der Waals surface area contributed by atoms with Gasteiger partial charge in [0.05, 0.1) is 10.3 Å². The Labute approximate surface area is 201 Å². The van der Waals surface area contributed by atoms with Gasteiger partial charge in [0.25, 0.3) is 0 Å². The number of nitrogens with zero attached hydrogens (tertiary/aromatic N) is 2. The third-order valence-corrected chi connectivity index (χ3v) is 8.67. The van der Waals surface area contributed by atoms with E-state index in [-0.39, 0.29) is 17.4 Å². The fourth-order valence-corrected chi connectivity index (χ4v) is 5.93. The highest BCUT2D eigenvalue weighted by molar-refractivity contribution is 7.90. The molecule has 0 aliphatic carbocycles. The minimum Gasteiger partial charge on any atom is -0.338 e. The summed E-state index contributed by atoms with van der Waals surface area (Å²) in [6.07, 6.45) is 4.67. The third-order valence-electron chi connectivity index (χ3n) is 7.20. The van der Waals surface area contributed by atoms with Crippen LogP contribution < -0.4 is 5.73 Å². The molecule has 8 heteroatoms. The Kier molecular flexibility index (Phi) is 7.15. The largest absolute Gasteiger partial charge is 0.338 e. The summed E-state index contributed by atoms with van der Waals surface area (Å²) >= 11 is 6.28. The number of benzene rings is 2. The van der Waals surface area contributed by atoms with Crippen molar-refractivity contribution in [1.82, 2.24) is 9.80 Å². The van der Waals surface area contributed by atoms with E-state index < -0.39 is 9.84 Å². The molecule has 178 valence electrons. The molecule has 2 fully saturated rings. The van der Waals surface area contributed by atoms with Gasteiger partial charge in [-0.2, -0.15) is 0 Å². The van der Waals surface area contributed by atoms with Crippen molar-refractivity contribution in [3.63, 3.8) is 0 Å². The lowest BCUT2D eigenvalue weighted by molar-refractivity contribution is -0.138. The van der Waals surface area contributed by atoms with E-state index in [9.17, 15) is 13.2 Å². The summed E-state index contributed by atoms with van der Waals surface area (Å²) in [5.74, 6) is 0.238. The van der Waals surface area contributed by atoms with Gasteiger partial charge in [0.1, 0.15) is 0 Å². The average Bonchev–Trinajstić information content (AvgIpc) is 3.08. The molecule has 1 atom stereocenters. The van der Waals surface area contributed by atoms with E-state index in [0.717, 1.165) is 63.0 Å². The minimum absolute atomic E-state index is 0.0905. The molecule has 0 aromatic heterocycles. The summed E-state index contributed by atoms with van der Waals surface area (Å²) in [6, 6.07) is 14.5. The van der Waals surface area contributed by atoms with Crippen molar-refractivity contribution in [1.29, 1.82) is 0 Å². The lowest BCUT2D eigenvalue weighted by atomic mass is 9.77. The summed E-state index contributed by atoms with van der Waals surface area (Å²) in [4.78, 5) is 17.9. The molecule has 6 nitrogen and oxygen atoms in total. The van der Waals surface area contributed by atoms with E-state index >= 15 is 0 Å². The normalized spacial score (nSPS) is 19.8. The zero-order chi connectivity index (χ0) is 23.6. The van der Waals surface area contributed by atoms with Crippen molar-refractivity contribution in [2.75, 3.05) is 32.4 Å². The first-order chi connectivity index (χ1) is 15.7. The molecule has 2 aliphatic heterocycles. The number of likely N-dealkylation sites (tertiary alicyclic amines) is 2. The van der Waals surface area contributed by atoms with Gasteiger partial charge in [-0.1, -0.05) is 41.9 Å². The van der Waals surface area contributed by atoms with Crippen LogP contribution in [0, 0.1) is 5.41 Å². The van der Waals surface area contributed by atoms with Crippen LogP contribution in [0.1, 0.15) is 42.9 Å². The van der Waals surface area contributed by atoms with Gasteiger partial charge in [-0.15, -0.1) is 0 Å². The van der Waals surface area contributed by atoms with Gasteiger partial charge in [-0.3, -0.25) is 4.79 Å². The molecule has 0 bridgehead atoms. The molecule has 4 rings (SSSR count). The summed E-state index contributed by atoms with van der Waals surface area (Å²) < 4.78 is 23.3. The molecule has 2 aliphatic rings. The van der Waals surface area contributed by atoms with Crippen molar-refractivity contribution < 1.29 is 13.2 Å². The number of hydrogen-bond acceptors (Lipinski definition) is 5. The van der Waals surface area contributed by atoms with E-state index in [4.69, 9.17) is 17.3 Å². The minimum atomic E-state index is -3.21. The number of carbonyl (C=O) groups excluding carboxylic acids is 1. The Morgan fingerprint density at radius 2 is 1.67 bits per heavy atom. The number of sulfone groups is 1. The maximum atomic E-state index is 13.3. The summed E-state index contributed by atoms with van der Waals surface area (Å²) in [5.41, 5.74) is 8.06. The summed E-state index contributed by atoms with van der Waals surface area (Å²) in [6.45, 7) is 3.98. The smallest absolute Gasteiger partial charge is 0.229 e. The molecule has 2 saturated heterocycles. The van der Waals surface area contributed by atoms with Gasteiger partial charge in [-0.05, 0) is 74.6 Å². The first-order valence-electron chi connectivity index (χ1n) is 11.5. The lowest BCUT2D eigenvalue weighted by Crippen LogP contribution is -2.45. The van der Waals surface area contributed by atoms with E-state index in [1.807, 2.05) is 29.2 Å². The summed E-state index contributed by atoms with van der Waals surface area (Å²) in [5, 5.41) is 0.713. The Morgan fingerprint density at radius 3 is 2.30 bits per heavy atom. The third kappa shape index (κ3) is 5.43. The van der Waals surface area contributed by atoms with Gasteiger partial charge in [0.2, 0.25) is 5.91 Å². The molecule has 0 saturated carbocycles. The van der Waals surface area contributed by atoms with Crippen LogP contribution in [0.3, 0.4) is 0 Å². The average molecular weight is 490 g/mol. The second kappa shape index (κ2) is 9.74. The molecule has 2 N–H and O–H groups in total. The molecule has 1 amide bonds. The molecule has 1 spiro atoms. The maximum Gasteiger partial charge on any atom is 0.229 e. The van der Waals surface area contributed by atoms with Crippen LogP contribution in [0.5, 0.6) is 0 Å².